The molecule has 4 heterocycles. The molecule has 0 spiro atoms. The highest BCUT2D eigenvalue weighted by Crippen LogP contribution is 2.46. The second kappa shape index (κ2) is 15.4. The number of likely N-dealkylation sites (tertiary alicyclic amines) is 1. The van der Waals surface area contributed by atoms with Crippen LogP contribution in [0.4, 0.5) is 0 Å². The third kappa shape index (κ3) is 7.47. The molecule has 2 aromatic carbocycles. The molecule has 3 aromatic rings. The molecule has 0 radical (unpaired) electrons. The summed E-state index contributed by atoms with van der Waals surface area (Å²) < 4.78 is 17.8. The van der Waals surface area contributed by atoms with Crippen molar-refractivity contribution in [2.45, 2.75) is 94.9 Å². The van der Waals surface area contributed by atoms with Gasteiger partial charge in [0.1, 0.15) is 29.2 Å². The first kappa shape index (κ1) is 35.0. The van der Waals surface area contributed by atoms with Crippen molar-refractivity contribution in [2.24, 2.45) is 5.92 Å². The van der Waals surface area contributed by atoms with Crippen LogP contribution in [0.25, 0.3) is 22.2 Å². The van der Waals surface area contributed by atoms with E-state index < -0.39 is 23.7 Å². The van der Waals surface area contributed by atoms with E-state index in [4.69, 9.17) is 19.2 Å². The number of hydrogen-bond acceptors (Lipinski definition) is 8. The van der Waals surface area contributed by atoms with Crippen molar-refractivity contribution in [2.75, 3.05) is 33.4 Å². The standard InChI is InChI=1S/C41H50N4O6/c1-3-50-40(48)41-26-29(41)17-11-5-4-6-12-18-35(44-21-13-8-14-22-44)39(47)45-27-31(24-36(45)38(46)43-41)51-37-25-33(28-15-9-7-10-16-28)42-34-23-30(49-2)19-20-32(34)37/h7,9-11,15-17,19-20,23,25,29,31,35-36H,3-6,8,12-14,18,21-22,24,26-27H2,1-2H3,(H,43,46)/t29-,31-,35+,36+,41-/m1/s1. The first-order valence-electron chi connectivity index (χ1n) is 18.8. The highest BCUT2D eigenvalue weighted by atomic mass is 16.5. The quantitative estimate of drug-likeness (QED) is 0.235. The van der Waals surface area contributed by atoms with Gasteiger partial charge in [-0.25, -0.2) is 9.78 Å². The molecular formula is C41H50N4O6. The second-order valence-electron chi connectivity index (χ2n) is 14.4. The summed E-state index contributed by atoms with van der Waals surface area (Å²) in [4.78, 5) is 51.5. The van der Waals surface area contributed by atoms with Crippen molar-refractivity contribution < 1.29 is 28.6 Å². The number of rotatable bonds is 7. The Labute approximate surface area is 300 Å². The summed E-state index contributed by atoms with van der Waals surface area (Å²) in [5.74, 6) is 0.404. The summed E-state index contributed by atoms with van der Waals surface area (Å²) >= 11 is 0. The van der Waals surface area contributed by atoms with E-state index in [0.29, 0.717) is 24.3 Å². The predicted molar refractivity (Wildman–Crippen MR) is 195 cm³/mol. The number of piperidine rings is 1. The number of carbonyl (C=O) groups excluding carboxylic acids is 3. The Morgan fingerprint density at radius 3 is 2.57 bits per heavy atom. The van der Waals surface area contributed by atoms with Crippen molar-refractivity contribution in [1.82, 2.24) is 20.1 Å². The van der Waals surface area contributed by atoms with Gasteiger partial charge in [-0.05, 0) is 70.7 Å². The van der Waals surface area contributed by atoms with Crippen molar-refractivity contribution in [3.8, 4) is 22.8 Å². The van der Waals surface area contributed by atoms with Gasteiger partial charge in [0.15, 0.2) is 0 Å². The zero-order chi connectivity index (χ0) is 35.4. The highest BCUT2D eigenvalue weighted by Gasteiger charge is 2.62. The number of ether oxygens (including phenoxy) is 3. The number of methoxy groups -OCH3 is 1. The van der Waals surface area contributed by atoms with Crippen molar-refractivity contribution in [1.29, 1.82) is 0 Å². The Balaban J connectivity index is 1.23. The third-order valence-electron chi connectivity index (χ3n) is 11.0. The molecule has 2 saturated heterocycles. The number of pyridine rings is 1. The fraction of sp³-hybridized carbons (Fsp3) is 0.512. The van der Waals surface area contributed by atoms with Gasteiger partial charge in [-0.1, -0.05) is 61.7 Å². The number of fused-ring (bicyclic) bond motifs is 3. The van der Waals surface area contributed by atoms with Crippen LogP contribution in [0.5, 0.6) is 11.5 Å². The smallest absolute Gasteiger partial charge is 0.332 e. The normalized spacial score (nSPS) is 27.5. The van der Waals surface area contributed by atoms with Gasteiger partial charge in [0.25, 0.3) is 0 Å². The van der Waals surface area contributed by atoms with Crippen molar-refractivity contribution >= 4 is 28.7 Å². The first-order chi connectivity index (χ1) is 24.9. The molecule has 1 aromatic heterocycles. The van der Waals surface area contributed by atoms with Crippen molar-refractivity contribution in [3.05, 3.63) is 66.7 Å². The minimum Gasteiger partial charge on any atom is -0.497 e. The third-order valence-corrected chi connectivity index (χ3v) is 11.0. The highest BCUT2D eigenvalue weighted by molar-refractivity contribution is 5.96. The number of aromatic nitrogens is 1. The zero-order valence-electron chi connectivity index (χ0n) is 29.9. The summed E-state index contributed by atoms with van der Waals surface area (Å²) in [6.07, 6.45) is 12.5. The molecule has 0 unspecified atom stereocenters. The molecule has 10 nitrogen and oxygen atoms in total. The van der Waals surface area contributed by atoms with E-state index in [1.165, 1.54) is 6.42 Å². The van der Waals surface area contributed by atoms with Crippen LogP contribution in [0.3, 0.4) is 0 Å². The number of nitrogens with one attached hydrogen (secondary N) is 1. The Kier molecular flexibility index (Phi) is 10.6. The van der Waals surface area contributed by atoms with Crippen LogP contribution < -0.4 is 14.8 Å². The molecule has 10 heteroatoms. The maximum atomic E-state index is 14.8. The Morgan fingerprint density at radius 2 is 1.78 bits per heavy atom. The molecule has 51 heavy (non-hydrogen) atoms. The van der Waals surface area contributed by atoms with Gasteiger partial charge in [-0.2, -0.15) is 0 Å². The van der Waals surface area contributed by atoms with Gasteiger partial charge in [-0.15, -0.1) is 0 Å². The molecule has 0 bridgehead atoms. The number of esters is 1. The summed E-state index contributed by atoms with van der Waals surface area (Å²) in [5, 5.41) is 3.93. The fourth-order valence-corrected chi connectivity index (χ4v) is 8.15. The number of amides is 2. The lowest BCUT2D eigenvalue weighted by Crippen LogP contribution is -2.57. The Morgan fingerprint density at radius 1 is 0.980 bits per heavy atom. The summed E-state index contributed by atoms with van der Waals surface area (Å²) in [7, 11) is 1.63. The maximum Gasteiger partial charge on any atom is 0.332 e. The lowest BCUT2D eigenvalue weighted by atomic mass is 10.0. The molecular weight excluding hydrogens is 644 g/mol. The van der Waals surface area contributed by atoms with E-state index in [9.17, 15) is 14.4 Å². The minimum absolute atomic E-state index is 0.0250. The van der Waals surface area contributed by atoms with Gasteiger partial charge in [-0.3, -0.25) is 14.5 Å². The topological polar surface area (TPSA) is 110 Å². The van der Waals surface area contributed by atoms with Gasteiger partial charge < -0.3 is 24.4 Å². The maximum absolute atomic E-state index is 14.8. The second-order valence-corrected chi connectivity index (χ2v) is 14.4. The number of benzene rings is 2. The van der Waals surface area contributed by atoms with E-state index in [-0.39, 0.29) is 36.9 Å². The molecule has 270 valence electrons. The van der Waals surface area contributed by atoms with Crippen LogP contribution in [0.15, 0.2) is 66.7 Å². The molecule has 5 atom stereocenters. The number of nitrogens with zero attached hydrogens (tertiary/aromatic N) is 3. The largest absolute Gasteiger partial charge is 0.497 e. The summed E-state index contributed by atoms with van der Waals surface area (Å²) in [6.45, 7) is 4.03. The molecule has 4 aliphatic rings. The monoisotopic (exact) mass is 694 g/mol. The first-order valence-corrected chi connectivity index (χ1v) is 18.8. The molecule has 1 aliphatic carbocycles. The van der Waals surface area contributed by atoms with Crippen molar-refractivity contribution in [3.63, 3.8) is 0 Å². The molecule has 3 aliphatic heterocycles. The SMILES string of the molecule is CCOC(=O)[C@@]12C[C@H]1C=CCCCCC[C@H](N1CCCCC1)C(=O)N1C[C@H](Oc3cc(-c4ccccc4)nc4cc(OC)ccc34)C[C@H]1C(=O)N2. The average molecular weight is 695 g/mol. The fourth-order valence-electron chi connectivity index (χ4n) is 8.15. The van der Waals surface area contributed by atoms with E-state index >= 15 is 0 Å². The minimum atomic E-state index is -1.12. The van der Waals surface area contributed by atoms with Crippen LogP contribution in [-0.4, -0.2) is 89.6 Å². The van der Waals surface area contributed by atoms with Crippen LogP contribution in [0.1, 0.15) is 71.1 Å². The Bertz CT molecular complexity index is 1760. The van der Waals surface area contributed by atoms with E-state index in [1.807, 2.05) is 54.6 Å². The number of carbonyl (C=O) groups is 3. The molecule has 2 amide bonds. The summed E-state index contributed by atoms with van der Waals surface area (Å²) in [6, 6.07) is 16.5. The van der Waals surface area contributed by atoms with Crippen LogP contribution in [0.2, 0.25) is 0 Å². The van der Waals surface area contributed by atoms with Gasteiger partial charge in [0.05, 0.1) is 37.5 Å². The summed E-state index contributed by atoms with van der Waals surface area (Å²) in [5.41, 5.74) is 1.31. The van der Waals surface area contributed by atoms with E-state index in [1.54, 1.807) is 18.9 Å². The Hall–Kier alpha value is -4.44. The number of hydrogen-bond donors (Lipinski definition) is 1. The lowest BCUT2D eigenvalue weighted by Gasteiger charge is -2.37. The lowest BCUT2D eigenvalue weighted by molar-refractivity contribution is -0.150. The van der Waals surface area contributed by atoms with Crippen LogP contribution in [0, 0.1) is 5.92 Å². The predicted octanol–water partition coefficient (Wildman–Crippen LogP) is 6.07. The number of allylic oxidation sites excluding steroid dienone is 1. The van der Waals surface area contributed by atoms with Gasteiger partial charge in [0.2, 0.25) is 11.8 Å². The molecule has 1 N–H and O–H groups in total. The van der Waals surface area contributed by atoms with E-state index in [2.05, 4.69) is 22.4 Å². The van der Waals surface area contributed by atoms with Crippen LogP contribution >= 0.6 is 0 Å². The molecule has 3 fully saturated rings. The zero-order valence-corrected chi connectivity index (χ0v) is 29.9. The van der Waals surface area contributed by atoms with E-state index in [0.717, 1.165) is 80.2 Å². The van der Waals surface area contributed by atoms with Gasteiger partial charge in [0, 0.05) is 35.4 Å². The molecule has 1 saturated carbocycles. The average Bonchev–Trinajstić information content (AvgIpc) is 3.69. The van der Waals surface area contributed by atoms with Gasteiger partial charge >= 0.3 is 5.97 Å². The molecule has 7 rings (SSSR count). The van der Waals surface area contributed by atoms with Crippen LogP contribution in [-0.2, 0) is 19.1 Å².